The van der Waals surface area contributed by atoms with Crippen LogP contribution in [-0.2, 0) is 9.84 Å². The van der Waals surface area contributed by atoms with E-state index in [4.69, 9.17) is 0 Å². The molecule has 3 rings (SSSR count). The third-order valence-electron chi connectivity index (χ3n) is 3.25. The summed E-state index contributed by atoms with van der Waals surface area (Å²) < 4.78 is 22.6. The number of hydrogen-bond donors (Lipinski definition) is 3. The maximum absolute atomic E-state index is 11.8. The third-order valence-corrected chi connectivity index (χ3v) is 5.01. The molecule has 1 aromatic carbocycles. The van der Waals surface area contributed by atoms with Crippen LogP contribution in [0.5, 0.6) is 0 Å². The largest absolute Gasteiger partial charge is 0.345 e. The summed E-state index contributed by atoms with van der Waals surface area (Å²) in [5, 5.41) is 5.36. The molecule has 20 heavy (non-hydrogen) atoms. The zero-order valence-electron chi connectivity index (χ0n) is 10.6. The number of amides is 2. The lowest BCUT2D eigenvalue weighted by Crippen LogP contribution is -2.38. The third kappa shape index (κ3) is 2.74. The first kappa shape index (κ1) is 12.9. The fourth-order valence-electron chi connectivity index (χ4n) is 2.27. The van der Waals surface area contributed by atoms with Crippen molar-refractivity contribution in [3.8, 4) is 0 Å². The first-order valence-corrected chi connectivity index (χ1v) is 8.05. The fourth-order valence-corrected chi connectivity index (χ4v) is 3.95. The number of carbonyl (C=O) groups excluding carboxylic acids is 1. The summed E-state index contributed by atoms with van der Waals surface area (Å²) in [7, 11) is -2.99. The van der Waals surface area contributed by atoms with Gasteiger partial charge in [-0.2, -0.15) is 0 Å². The van der Waals surface area contributed by atoms with Gasteiger partial charge in [-0.05, 0) is 24.6 Å². The van der Waals surface area contributed by atoms with Crippen molar-refractivity contribution in [3.05, 3.63) is 24.5 Å². The van der Waals surface area contributed by atoms with E-state index < -0.39 is 15.9 Å². The number of aromatic nitrogens is 2. The molecule has 3 N–H and O–H groups in total. The number of nitrogens with one attached hydrogen (secondary N) is 3. The van der Waals surface area contributed by atoms with Crippen molar-refractivity contribution in [2.24, 2.45) is 0 Å². The van der Waals surface area contributed by atoms with Gasteiger partial charge >= 0.3 is 6.03 Å². The second kappa shape index (κ2) is 4.78. The Labute approximate surface area is 115 Å². The Hall–Kier alpha value is -2.09. The van der Waals surface area contributed by atoms with E-state index in [1.165, 1.54) is 0 Å². The van der Waals surface area contributed by atoms with Crippen molar-refractivity contribution in [1.82, 2.24) is 15.3 Å². The number of benzene rings is 1. The molecule has 2 aromatic rings. The number of H-pyrrole nitrogens is 1. The van der Waals surface area contributed by atoms with Crippen molar-refractivity contribution in [3.63, 3.8) is 0 Å². The molecule has 1 aromatic heterocycles. The van der Waals surface area contributed by atoms with Crippen molar-refractivity contribution in [2.45, 2.75) is 12.5 Å². The van der Waals surface area contributed by atoms with Crippen molar-refractivity contribution < 1.29 is 13.2 Å². The zero-order valence-corrected chi connectivity index (χ0v) is 11.4. The summed E-state index contributed by atoms with van der Waals surface area (Å²) >= 11 is 0. The fraction of sp³-hybridized carbons (Fsp3) is 0.333. The van der Waals surface area contributed by atoms with Gasteiger partial charge in [0.25, 0.3) is 0 Å². The molecule has 2 heterocycles. The number of anilines is 1. The van der Waals surface area contributed by atoms with E-state index in [0.717, 1.165) is 11.0 Å². The van der Waals surface area contributed by atoms with E-state index in [0.29, 0.717) is 12.1 Å². The van der Waals surface area contributed by atoms with E-state index in [2.05, 4.69) is 20.6 Å². The Balaban J connectivity index is 1.64. The molecule has 0 radical (unpaired) electrons. The maximum atomic E-state index is 11.8. The lowest BCUT2D eigenvalue weighted by molar-refractivity contribution is 0.249. The molecule has 2 amide bonds. The predicted octanol–water partition coefficient (Wildman–Crippen LogP) is 0.872. The number of rotatable bonds is 2. The molecule has 0 spiro atoms. The predicted molar refractivity (Wildman–Crippen MR) is 75.3 cm³/mol. The van der Waals surface area contributed by atoms with Crippen molar-refractivity contribution in [2.75, 3.05) is 16.8 Å². The molecule has 1 aliphatic rings. The second-order valence-electron chi connectivity index (χ2n) is 4.83. The topological polar surface area (TPSA) is 104 Å². The average molecular weight is 294 g/mol. The van der Waals surface area contributed by atoms with Gasteiger partial charge in [0.05, 0.1) is 28.9 Å². The molecule has 1 aliphatic heterocycles. The molecule has 7 nitrogen and oxygen atoms in total. The van der Waals surface area contributed by atoms with Gasteiger partial charge in [0, 0.05) is 11.7 Å². The number of fused-ring (bicyclic) bond motifs is 1. The van der Waals surface area contributed by atoms with E-state index >= 15 is 0 Å². The number of urea groups is 1. The number of carbonyl (C=O) groups is 1. The van der Waals surface area contributed by atoms with Crippen LogP contribution in [0.15, 0.2) is 24.5 Å². The summed E-state index contributed by atoms with van der Waals surface area (Å²) in [5.41, 5.74) is 2.27. The Morgan fingerprint density at radius 1 is 1.40 bits per heavy atom. The van der Waals surface area contributed by atoms with Crippen LogP contribution in [0.3, 0.4) is 0 Å². The van der Waals surface area contributed by atoms with Crippen LogP contribution in [-0.4, -0.2) is 42.0 Å². The van der Waals surface area contributed by atoms with Gasteiger partial charge in [-0.3, -0.25) is 0 Å². The lowest BCUT2D eigenvalue weighted by Gasteiger charge is -2.12. The highest BCUT2D eigenvalue weighted by atomic mass is 32.2. The van der Waals surface area contributed by atoms with Crippen LogP contribution >= 0.6 is 0 Å². The van der Waals surface area contributed by atoms with E-state index in [9.17, 15) is 13.2 Å². The molecule has 1 saturated heterocycles. The molecule has 1 fully saturated rings. The first-order chi connectivity index (χ1) is 9.52. The molecule has 0 aliphatic carbocycles. The first-order valence-electron chi connectivity index (χ1n) is 6.23. The van der Waals surface area contributed by atoms with Crippen LogP contribution in [0, 0.1) is 0 Å². The molecular weight excluding hydrogens is 280 g/mol. The molecule has 1 unspecified atom stereocenters. The number of aromatic amines is 1. The van der Waals surface area contributed by atoms with Crippen LogP contribution in [0.25, 0.3) is 11.0 Å². The minimum absolute atomic E-state index is 0.0139. The molecular formula is C12H14N4O3S. The van der Waals surface area contributed by atoms with Crippen LogP contribution in [0.4, 0.5) is 10.5 Å². The zero-order chi connectivity index (χ0) is 14.2. The number of imidazole rings is 1. The Morgan fingerprint density at radius 3 is 3.00 bits per heavy atom. The minimum atomic E-state index is -2.99. The molecule has 1 atom stereocenters. The maximum Gasteiger partial charge on any atom is 0.319 e. The Morgan fingerprint density at radius 2 is 2.25 bits per heavy atom. The smallest absolute Gasteiger partial charge is 0.319 e. The second-order valence-corrected chi connectivity index (χ2v) is 7.06. The summed E-state index contributed by atoms with van der Waals surface area (Å²) in [6.07, 6.45) is 2.05. The van der Waals surface area contributed by atoms with E-state index in [-0.39, 0.29) is 17.5 Å². The highest BCUT2D eigenvalue weighted by Crippen LogP contribution is 2.16. The summed E-state index contributed by atoms with van der Waals surface area (Å²) in [6.45, 7) is 0. The molecule has 106 valence electrons. The Kier molecular flexibility index (Phi) is 3.09. The number of nitrogens with zero attached hydrogens (tertiary/aromatic N) is 1. The summed E-state index contributed by atoms with van der Waals surface area (Å²) in [5.74, 6) is 0.151. The van der Waals surface area contributed by atoms with Crippen LogP contribution in [0.2, 0.25) is 0 Å². The van der Waals surface area contributed by atoms with Crippen molar-refractivity contribution >= 4 is 32.6 Å². The molecule has 8 heteroatoms. The highest BCUT2D eigenvalue weighted by Gasteiger charge is 2.28. The van der Waals surface area contributed by atoms with Crippen LogP contribution in [0.1, 0.15) is 6.42 Å². The average Bonchev–Trinajstić information content (AvgIpc) is 2.95. The van der Waals surface area contributed by atoms with Crippen LogP contribution < -0.4 is 10.6 Å². The quantitative estimate of drug-likeness (QED) is 0.764. The van der Waals surface area contributed by atoms with Gasteiger partial charge in [0.15, 0.2) is 9.84 Å². The van der Waals surface area contributed by atoms with Gasteiger partial charge in [-0.1, -0.05) is 0 Å². The van der Waals surface area contributed by atoms with Gasteiger partial charge in [0.1, 0.15) is 0 Å². The normalized spacial score (nSPS) is 20.9. The van der Waals surface area contributed by atoms with Gasteiger partial charge in [-0.25, -0.2) is 18.2 Å². The minimum Gasteiger partial charge on any atom is -0.345 e. The van der Waals surface area contributed by atoms with Gasteiger partial charge in [0.2, 0.25) is 0 Å². The summed E-state index contributed by atoms with van der Waals surface area (Å²) in [4.78, 5) is 18.9. The molecule has 0 bridgehead atoms. The SMILES string of the molecule is O=C(Nc1ccc2nc[nH]c2c1)NC1CCS(=O)(=O)C1. The van der Waals surface area contributed by atoms with E-state index in [1.807, 2.05) is 0 Å². The highest BCUT2D eigenvalue weighted by molar-refractivity contribution is 7.91. The Bertz CT molecular complexity index is 753. The lowest BCUT2D eigenvalue weighted by atomic mass is 10.2. The molecule has 0 saturated carbocycles. The van der Waals surface area contributed by atoms with Gasteiger partial charge in [-0.15, -0.1) is 0 Å². The number of hydrogen-bond acceptors (Lipinski definition) is 4. The monoisotopic (exact) mass is 294 g/mol. The number of sulfone groups is 1. The standard InChI is InChI=1S/C12H14N4O3S/c17-12(16-9-3-4-20(18,19)6-9)15-8-1-2-10-11(5-8)14-7-13-10/h1-2,5,7,9H,3-4,6H2,(H,13,14)(H2,15,16,17). The van der Waals surface area contributed by atoms with E-state index in [1.54, 1.807) is 24.5 Å². The summed E-state index contributed by atoms with van der Waals surface area (Å²) in [6, 6.07) is 4.60. The van der Waals surface area contributed by atoms with Gasteiger partial charge < -0.3 is 15.6 Å². The van der Waals surface area contributed by atoms with Crippen molar-refractivity contribution in [1.29, 1.82) is 0 Å².